The van der Waals surface area contributed by atoms with E-state index < -0.39 is 41.5 Å². The van der Waals surface area contributed by atoms with Crippen LogP contribution in [-0.4, -0.2) is 56.8 Å². The molecule has 0 fully saturated rings. The molecule has 0 spiro atoms. The van der Waals surface area contributed by atoms with E-state index in [-0.39, 0.29) is 37.8 Å². The zero-order valence-corrected chi connectivity index (χ0v) is 35.6. The SMILES string of the molecule is COc1ccc(S(=O)(=O)N(CC=CP(=O)(OCc2ccccc2)OCc2ccccc2)CC(OCc2ccccc2)C(Cc2ccccc2)NC(=O)OC(C)(C)C)cc1. The van der Waals surface area contributed by atoms with Gasteiger partial charge in [0.15, 0.2) is 0 Å². The van der Waals surface area contributed by atoms with Crippen LogP contribution in [0.5, 0.6) is 5.75 Å². The Hall–Kier alpha value is -5.07. The summed E-state index contributed by atoms with van der Waals surface area (Å²) in [7, 11) is -6.72. The normalized spacial score (nSPS) is 13.2. The second-order valence-corrected chi connectivity index (χ2v) is 18.5. The van der Waals surface area contributed by atoms with Crippen LogP contribution in [0.15, 0.2) is 162 Å². The first kappa shape index (κ1) is 45.0. The van der Waals surface area contributed by atoms with Gasteiger partial charge in [-0.3, -0.25) is 4.57 Å². The summed E-state index contributed by atoms with van der Waals surface area (Å²) in [6.45, 7) is 4.94. The van der Waals surface area contributed by atoms with E-state index in [1.807, 2.05) is 121 Å². The van der Waals surface area contributed by atoms with Crippen molar-refractivity contribution in [2.45, 2.75) is 69.7 Å². The fourth-order valence-corrected chi connectivity index (χ4v) is 8.60. The van der Waals surface area contributed by atoms with Crippen molar-refractivity contribution < 1.29 is 41.0 Å². The Morgan fingerprint density at radius 2 is 1.19 bits per heavy atom. The van der Waals surface area contributed by atoms with Crippen LogP contribution in [0.3, 0.4) is 0 Å². The number of hydrogen-bond donors (Lipinski definition) is 1. The lowest BCUT2D eigenvalue weighted by Crippen LogP contribution is -2.52. The molecule has 2 atom stereocenters. The Morgan fingerprint density at radius 1 is 0.712 bits per heavy atom. The number of rotatable bonds is 21. The molecule has 11 nitrogen and oxygen atoms in total. The molecule has 0 aliphatic carbocycles. The average Bonchev–Trinajstić information content (AvgIpc) is 3.23. The van der Waals surface area contributed by atoms with Crippen LogP contribution in [0.1, 0.15) is 43.0 Å². The zero-order valence-electron chi connectivity index (χ0n) is 33.9. The topological polar surface area (TPSA) is 130 Å². The molecule has 59 heavy (non-hydrogen) atoms. The molecule has 5 rings (SSSR count). The molecule has 5 aromatic carbocycles. The van der Waals surface area contributed by atoms with E-state index in [1.165, 1.54) is 35.4 Å². The van der Waals surface area contributed by atoms with Gasteiger partial charge in [0.25, 0.3) is 0 Å². The summed E-state index contributed by atoms with van der Waals surface area (Å²) in [4.78, 5) is 13.4. The van der Waals surface area contributed by atoms with Gasteiger partial charge in [-0.05, 0) is 73.7 Å². The third-order valence-electron chi connectivity index (χ3n) is 8.94. The Labute approximate surface area is 348 Å². The molecule has 0 saturated carbocycles. The van der Waals surface area contributed by atoms with Crippen molar-refractivity contribution in [3.05, 3.63) is 180 Å². The van der Waals surface area contributed by atoms with Gasteiger partial charge in [0.05, 0.1) is 44.0 Å². The number of nitrogens with one attached hydrogen (secondary N) is 1. The van der Waals surface area contributed by atoms with Crippen LogP contribution in [0.25, 0.3) is 0 Å². The van der Waals surface area contributed by atoms with E-state index in [0.717, 1.165) is 22.3 Å². The van der Waals surface area contributed by atoms with Gasteiger partial charge in [0.1, 0.15) is 11.4 Å². The van der Waals surface area contributed by atoms with E-state index >= 15 is 0 Å². The van der Waals surface area contributed by atoms with Crippen molar-refractivity contribution in [3.63, 3.8) is 0 Å². The van der Waals surface area contributed by atoms with Crippen molar-refractivity contribution in [3.8, 4) is 5.75 Å². The number of sulfonamides is 1. The third-order valence-corrected chi connectivity index (χ3v) is 12.3. The second-order valence-electron chi connectivity index (χ2n) is 14.7. The van der Waals surface area contributed by atoms with Crippen LogP contribution < -0.4 is 10.1 Å². The number of nitrogens with zero attached hydrogens (tertiary/aromatic N) is 1. The molecular weight excluding hydrogens is 788 g/mol. The highest BCUT2D eigenvalue weighted by Gasteiger charge is 2.34. The lowest BCUT2D eigenvalue weighted by atomic mass is 10.0. The molecule has 1 amide bonds. The van der Waals surface area contributed by atoms with E-state index in [4.69, 9.17) is 23.3 Å². The molecule has 0 heterocycles. The van der Waals surface area contributed by atoms with E-state index in [9.17, 15) is 17.8 Å². The number of carbonyl (C=O) groups excluding carboxylic acids is 1. The first-order valence-corrected chi connectivity index (χ1v) is 22.3. The third kappa shape index (κ3) is 14.9. The van der Waals surface area contributed by atoms with Gasteiger partial charge >= 0.3 is 13.7 Å². The van der Waals surface area contributed by atoms with Crippen LogP contribution in [-0.2, 0) is 59.4 Å². The summed E-state index contributed by atoms with van der Waals surface area (Å²) in [5.74, 6) is 1.78. The van der Waals surface area contributed by atoms with Gasteiger partial charge in [-0.2, -0.15) is 4.31 Å². The Morgan fingerprint density at radius 3 is 1.66 bits per heavy atom. The van der Waals surface area contributed by atoms with E-state index in [0.29, 0.717) is 12.2 Å². The van der Waals surface area contributed by atoms with Gasteiger partial charge in [-0.25, -0.2) is 13.2 Å². The molecule has 13 heteroatoms. The lowest BCUT2D eigenvalue weighted by Gasteiger charge is -2.33. The predicted octanol–water partition coefficient (Wildman–Crippen LogP) is 9.55. The number of carbonyl (C=O) groups is 1. The van der Waals surface area contributed by atoms with Crippen LogP contribution in [0.4, 0.5) is 4.79 Å². The number of ether oxygens (including phenoxy) is 3. The number of amides is 1. The summed E-state index contributed by atoms with van der Waals surface area (Å²) in [5.41, 5.74) is 2.51. The molecule has 0 aliphatic rings. The molecule has 2 unspecified atom stereocenters. The van der Waals surface area contributed by atoms with Gasteiger partial charge < -0.3 is 28.6 Å². The summed E-state index contributed by atoms with van der Waals surface area (Å²) in [5, 5.41) is 2.99. The van der Waals surface area contributed by atoms with Gasteiger partial charge in [-0.1, -0.05) is 127 Å². The summed E-state index contributed by atoms with van der Waals surface area (Å²) < 4.78 is 74.4. The quantitative estimate of drug-likeness (QED) is 0.0719. The number of hydrogen-bond acceptors (Lipinski definition) is 9. The van der Waals surface area contributed by atoms with Crippen molar-refractivity contribution in [1.29, 1.82) is 0 Å². The molecular formula is C46H53N2O9PS. The minimum absolute atomic E-state index is 0.00197. The maximum absolute atomic E-state index is 14.7. The summed E-state index contributed by atoms with van der Waals surface area (Å²) in [6.07, 6.45) is 0.171. The molecule has 0 bridgehead atoms. The highest BCUT2D eigenvalue weighted by Crippen LogP contribution is 2.51. The first-order chi connectivity index (χ1) is 28.3. The minimum Gasteiger partial charge on any atom is -0.497 e. The average molecular weight is 841 g/mol. The van der Waals surface area contributed by atoms with Crippen LogP contribution in [0, 0.1) is 0 Å². The molecule has 0 aromatic heterocycles. The van der Waals surface area contributed by atoms with Crippen molar-refractivity contribution in [2.75, 3.05) is 20.2 Å². The maximum Gasteiger partial charge on any atom is 0.407 e. The predicted molar refractivity (Wildman–Crippen MR) is 229 cm³/mol. The molecule has 312 valence electrons. The molecule has 0 aliphatic heterocycles. The maximum atomic E-state index is 14.7. The fourth-order valence-electron chi connectivity index (χ4n) is 5.94. The molecule has 0 radical (unpaired) electrons. The Bertz CT molecular complexity index is 2160. The standard InChI is InChI=1S/C46H53N2O9PS/c1-46(2,3)57-45(49)47-43(32-37-18-9-5-10-19-37)44(54-34-38-20-11-6-12-21-38)33-48(59(51,52)42-28-26-41(53-4)27-29-42)30-17-31-58(50,55-35-39-22-13-7-14-23-39)56-36-40-24-15-8-16-25-40/h5-29,31,43-44H,30,32-36H2,1-4H3,(H,47,49). The first-order valence-electron chi connectivity index (χ1n) is 19.3. The van der Waals surface area contributed by atoms with E-state index in [1.54, 1.807) is 32.9 Å². The lowest BCUT2D eigenvalue weighted by molar-refractivity contribution is -0.00162. The van der Waals surface area contributed by atoms with Crippen molar-refractivity contribution in [2.24, 2.45) is 0 Å². The smallest absolute Gasteiger partial charge is 0.407 e. The van der Waals surface area contributed by atoms with Crippen molar-refractivity contribution in [1.82, 2.24) is 9.62 Å². The second kappa shape index (κ2) is 21.8. The number of alkyl carbamates (subject to hydrolysis) is 1. The summed E-state index contributed by atoms with van der Waals surface area (Å²) >= 11 is 0. The van der Waals surface area contributed by atoms with Crippen molar-refractivity contribution >= 4 is 23.7 Å². The van der Waals surface area contributed by atoms with E-state index in [2.05, 4.69) is 5.32 Å². The van der Waals surface area contributed by atoms with Crippen LogP contribution in [0.2, 0.25) is 0 Å². The monoisotopic (exact) mass is 840 g/mol. The highest BCUT2D eigenvalue weighted by molar-refractivity contribution is 7.89. The number of benzene rings is 5. The largest absolute Gasteiger partial charge is 0.497 e. The van der Waals surface area contributed by atoms with Gasteiger partial charge in [-0.15, -0.1) is 0 Å². The zero-order chi connectivity index (χ0) is 42.1. The minimum atomic E-state index is -4.26. The fraction of sp³-hybridized carbons (Fsp3) is 0.283. The highest BCUT2D eigenvalue weighted by atomic mass is 32.2. The Kier molecular flexibility index (Phi) is 16.6. The van der Waals surface area contributed by atoms with Crippen LogP contribution >= 0.6 is 7.60 Å². The molecule has 5 aromatic rings. The molecule has 0 saturated heterocycles. The van der Waals surface area contributed by atoms with Gasteiger partial charge in [0.2, 0.25) is 10.0 Å². The Balaban J connectivity index is 1.52. The number of methoxy groups -OCH3 is 1. The van der Waals surface area contributed by atoms with Gasteiger partial charge in [0, 0.05) is 18.9 Å². The summed E-state index contributed by atoms with van der Waals surface area (Å²) in [6, 6.07) is 42.8. The molecule has 1 N–H and O–H groups in total.